The Morgan fingerprint density at radius 1 is 0.500 bits per heavy atom. The minimum absolute atomic E-state index is 0.135. The molecule has 7 atom stereocenters. The highest BCUT2D eigenvalue weighted by molar-refractivity contribution is 5.76. The number of aliphatic hydroxyl groups is 5. The first-order valence-electron chi connectivity index (χ1n) is 28.9. The van der Waals surface area contributed by atoms with Gasteiger partial charge < -0.3 is 40.3 Å². The summed E-state index contributed by atoms with van der Waals surface area (Å²) in [5.41, 5.74) is 0. The molecule has 392 valence electrons. The van der Waals surface area contributed by atoms with Gasteiger partial charge in [-0.25, -0.2) is 0 Å². The molecule has 0 aromatic heterocycles. The van der Waals surface area contributed by atoms with Crippen LogP contribution in [0.4, 0.5) is 0 Å². The number of rotatable bonds is 50. The fraction of sp³-hybridized carbons (Fsp3) is 0.947. The largest absolute Gasteiger partial charge is 0.394 e. The average Bonchev–Trinajstić information content (AvgIpc) is 3.32. The second kappa shape index (κ2) is 47.6. The zero-order valence-corrected chi connectivity index (χ0v) is 43.5. The van der Waals surface area contributed by atoms with Crippen molar-refractivity contribution in [3.8, 4) is 0 Å². The summed E-state index contributed by atoms with van der Waals surface area (Å²) < 4.78 is 11.3. The van der Waals surface area contributed by atoms with Crippen molar-refractivity contribution in [2.75, 3.05) is 13.2 Å². The number of nitrogens with one attached hydrogen (secondary N) is 1. The number of amides is 1. The number of hydrogen-bond acceptors (Lipinski definition) is 8. The molecular weight excluding hydrogens is 827 g/mol. The van der Waals surface area contributed by atoms with Crippen LogP contribution >= 0.6 is 0 Å². The Bertz CT molecular complexity index is 1040. The molecule has 7 unspecified atom stereocenters. The van der Waals surface area contributed by atoms with Crippen molar-refractivity contribution in [3.63, 3.8) is 0 Å². The van der Waals surface area contributed by atoms with E-state index in [4.69, 9.17) is 9.47 Å². The molecule has 0 radical (unpaired) electrons. The molecule has 9 nitrogen and oxygen atoms in total. The van der Waals surface area contributed by atoms with Crippen LogP contribution in [0.3, 0.4) is 0 Å². The quantitative estimate of drug-likeness (QED) is 0.0261. The minimum atomic E-state index is -1.55. The zero-order valence-electron chi connectivity index (χ0n) is 43.5. The number of unbranched alkanes of at least 4 members (excludes halogenated alkanes) is 38. The van der Waals surface area contributed by atoms with E-state index >= 15 is 0 Å². The van der Waals surface area contributed by atoms with E-state index in [2.05, 4.69) is 31.3 Å². The first-order valence-corrected chi connectivity index (χ1v) is 28.9. The molecular formula is C57H111NO8. The van der Waals surface area contributed by atoms with E-state index in [1.165, 1.54) is 225 Å². The van der Waals surface area contributed by atoms with Crippen LogP contribution in [0.5, 0.6) is 0 Å². The molecule has 1 amide bonds. The molecule has 66 heavy (non-hydrogen) atoms. The maximum atomic E-state index is 13.1. The van der Waals surface area contributed by atoms with E-state index < -0.39 is 49.5 Å². The molecule has 1 aliphatic rings. The van der Waals surface area contributed by atoms with Crippen LogP contribution in [-0.2, 0) is 14.3 Å². The highest BCUT2D eigenvalue weighted by Gasteiger charge is 2.44. The Morgan fingerprint density at radius 2 is 0.848 bits per heavy atom. The monoisotopic (exact) mass is 938 g/mol. The second-order valence-corrected chi connectivity index (χ2v) is 20.4. The molecule has 1 rings (SSSR count). The molecule has 0 spiro atoms. The normalized spacial score (nSPS) is 19.8. The lowest BCUT2D eigenvalue weighted by atomic mass is 9.99. The van der Waals surface area contributed by atoms with Gasteiger partial charge in [-0.1, -0.05) is 257 Å². The maximum Gasteiger partial charge on any atom is 0.220 e. The van der Waals surface area contributed by atoms with Gasteiger partial charge in [0.25, 0.3) is 0 Å². The molecule has 0 aromatic rings. The van der Waals surface area contributed by atoms with Crippen molar-refractivity contribution in [1.29, 1.82) is 0 Å². The van der Waals surface area contributed by atoms with Gasteiger partial charge in [0.1, 0.15) is 24.4 Å². The van der Waals surface area contributed by atoms with Crippen molar-refractivity contribution in [1.82, 2.24) is 5.32 Å². The van der Waals surface area contributed by atoms with E-state index in [-0.39, 0.29) is 12.5 Å². The molecule has 0 saturated carbocycles. The van der Waals surface area contributed by atoms with Gasteiger partial charge in [-0.3, -0.25) is 4.79 Å². The minimum Gasteiger partial charge on any atom is -0.394 e. The van der Waals surface area contributed by atoms with Gasteiger partial charge in [0.2, 0.25) is 5.91 Å². The first-order chi connectivity index (χ1) is 32.3. The van der Waals surface area contributed by atoms with Crippen molar-refractivity contribution in [2.45, 2.75) is 333 Å². The van der Waals surface area contributed by atoms with Crippen LogP contribution in [0.25, 0.3) is 0 Å². The number of allylic oxidation sites excluding steroid dienone is 2. The third kappa shape index (κ3) is 36.9. The maximum absolute atomic E-state index is 13.1. The Labute approximate surface area is 407 Å². The molecule has 9 heteroatoms. The highest BCUT2D eigenvalue weighted by atomic mass is 16.7. The third-order valence-electron chi connectivity index (χ3n) is 14.1. The predicted molar refractivity (Wildman–Crippen MR) is 277 cm³/mol. The van der Waals surface area contributed by atoms with Crippen LogP contribution < -0.4 is 5.32 Å². The molecule has 0 aromatic carbocycles. The Hall–Kier alpha value is -1.07. The van der Waals surface area contributed by atoms with E-state index in [0.717, 1.165) is 38.5 Å². The Kier molecular flexibility index (Phi) is 45.4. The topological polar surface area (TPSA) is 149 Å². The number of hydrogen-bond donors (Lipinski definition) is 6. The van der Waals surface area contributed by atoms with Crippen LogP contribution in [0, 0.1) is 0 Å². The van der Waals surface area contributed by atoms with Crippen LogP contribution in [0.2, 0.25) is 0 Å². The molecule has 0 aliphatic carbocycles. The van der Waals surface area contributed by atoms with Gasteiger partial charge in [0, 0.05) is 6.42 Å². The average molecular weight is 939 g/mol. The summed E-state index contributed by atoms with van der Waals surface area (Å²) in [6.07, 6.45) is 50.9. The van der Waals surface area contributed by atoms with Crippen molar-refractivity contribution >= 4 is 5.91 Å². The van der Waals surface area contributed by atoms with E-state index in [1.54, 1.807) is 0 Å². The highest BCUT2D eigenvalue weighted by Crippen LogP contribution is 2.23. The summed E-state index contributed by atoms with van der Waals surface area (Å²) in [6.45, 7) is 3.88. The molecule has 1 heterocycles. The lowest BCUT2D eigenvalue weighted by Gasteiger charge is -2.40. The number of carbonyl (C=O) groups excluding carboxylic acids is 1. The smallest absolute Gasteiger partial charge is 0.220 e. The summed E-state index contributed by atoms with van der Waals surface area (Å²) in [6, 6.07) is -0.718. The molecule has 1 fully saturated rings. The Balaban J connectivity index is 2.20. The molecule has 6 N–H and O–H groups in total. The molecule has 1 aliphatic heterocycles. The third-order valence-corrected chi connectivity index (χ3v) is 14.1. The lowest BCUT2D eigenvalue weighted by molar-refractivity contribution is -0.302. The zero-order chi connectivity index (χ0) is 48.0. The number of carbonyl (C=O) groups is 1. The molecule has 0 bridgehead atoms. The summed E-state index contributed by atoms with van der Waals surface area (Å²) >= 11 is 0. The fourth-order valence-corrected chi connectivity index (χ4v) is 9.51. The van der Waals surface area contributed by atoms with E-state index in [1.807, 2.05) is 0 Å². The second-order valence-electron chi connectivity index (χ2n) is 20.4. The summed E-state index contributed by atoms with van der Waals surface area (Å²) in [5, 5.41) is 54.7. The van der Waals surface area contributed by atoms with Crippen LogP contribution in [0.1, 0.15) is 290 Å². The van der Waals surface area contributed by atoms with Gasteiger partial charge in [0.15, 0.2) is 6.29 Å². The summed E-state index contributed by atoms with van der Waals surface area (Å²) in [4.78, 5) is 13.1. The SMILES string of the molecule is CCCCCCCCCCCCCC/C=C\CCCCCCCCCCC(=O)NC(COC1OC(CO)C(O)C(O)C1O)C(O)CCCCCCCCCCCCCCCCCCCCC. The number of ether oxygens (including phenoxy) is 2. The van der Waals surface area contributed by atoms with Crippen molar-refractivity contribution < 1.29 is 39.8 Å². The fourth-order valence-electron chi connectivity index (χ4n) is 9.51. The molecule has 1 saturated heterocycles. The van der Waals surface area contributed by atoms with Crippen molar-refractivity contribution in [2.24, 2.45) is 0 Å². The van der Waals surface area contributed by atoms with E-state index in [0.29, 0.717) is 12.8 Å². The summed E-state index contributed by atoms with van der Waals surface area (Å²) in [7, 11) is 0. The number of aliphatic hydroxyl groups excluding tert-OH is 5. The van der Waals surface area contributed by atoms with Gasteiger partial charge in [-0.15, -0.1) is 0 Å². The van der Waals surface area contributed by atoms with Crippen molar-refractivity contribution in [3.05, 3.63) is 12.2 Å². The first kappa shape index (κ1) is 62.9. The van der Waals surface area contributed by atoms with Gasteiger partial charge in [0.05, 0.1) is 25.4 Å². The summed E-state index contributed by atoms with van der Waals surface area (Å²) in [5.74, 6) is -0.142. The Morgan fingerprint density at radius 3 is 1.23 bits per heavy atom. The van der Waals surface area contributed by atoms with Crippen LogP contribution in [-0.4, -0.2) is 87.5 Å². The van der Waals surface area contributed by atoms with Gasteiger partial charge in [-0.2, -0.15) is 0 Å². The lowest BCUT2D eigenvalue weighted by Crippen LogP contribution is -2.60. The predicted octanol–water partition coefficient (Wildman–Crippen LogP) is 14.0. The van der Waals surface area contributed by atoms with Gasteiger partial charge in [-0.05, 0) is 38.5 Å². The standard InChI is InChI=1S/C57H111NO8/c1-3-5-7-9-11-13-15-17-19-21-23-24-25-26-27-29-31-33-35-37-39-41-43-45-47-53(61)58-50(49-65-57-56(64)55(63)54(62)52(48-59)66-57)51(60)46-44-42-40-38-36-34-32-30-28-22-20-18-16-14-12-10-8-6-4-2/h26-27,50-52,54-57,59-60,62-64H,3-25,28-49H2,1-2H3,(H,58,61)/b27-26-. The van der Waals surface area contributed by atoms with Crippen LogP contribution in [0.15, 0.2) is 12.2 Å². The van der Waals surface area contributed by atoms with Gasteiger partial charge >= 0.3 is 0 Å². The van der Waals surface area contributed by atoms with E-state index in [9.17, 15) is 30.3 Å².